The Labute approximate surface area is 135 Å². The Morgan fingerprint density at radius 1 is 1.26 bits per heavy atom. The van der Waals surface area contributed by atoms with Crippen LogP contribution in [0.3, 0.4) is 0 Å². The standard InChI is InChI=1S/C16H12ClF3N2O/c17-13-4-2-1-3-10(13)11-8-12(11)15(23)22-14-7-9(5-6-21-14)16(18,19)20/h1-7,11-12H,8H2,(H,21,22,23)/t11-,12+/m1/s1. The Kier molecular flexibility index (Phi) is 4.02. The molecule has 1 saturated carbocycles. The molecule has 0 saturated heterocycles. The van der Waals surface area contributed by atoms with E-state index in [4.69, 9.17) is 11.6 Å². The zero-order chi connectivity index (χ0) is 16.6. The van der Waals surface area contributed by atoms with Crippen molar-refractivity contribution in [3.8, 4) is 0 Å². The molecule has 1 aliphatic rings. The first-order chi connectivity index (χ1) is 10.9. The molecular formula is C16H12ClF3N2O. The maximum Gasteiger partial charge on any atom is 0.416 e. The van der Waals surface area contributed by atoms with Gasteiger partial charge in [0.05, 0.1) is 5.56 Å². The summed E-state index contributed by atoms with van der Waals surface area (Å²) in [6, 6.07) is 8.92. The summed E-state index contributed by atoms with van der Waals surface area (Å²) in [4.78, 5) is 15.9. The predicted octanol–water partition coefficient (Wildman–Crippen LogP) is 4.50. The van der Waals surface area contributed by atoms with Crippen LogP contribution in [0.15, 0.2) is 42.6 Å². The zero-order valence-electron chi connectivity index (χ0n) is 11.8. The molecule has 1 aliphatic carbocycles. The normalized spacial score (nSPS) is 20.2. The molecule has 1 fully saturated rings. The first-order valence-electron chi connectivity index (χ1n) is 6.95. The van der Waals surface area contributed by atoms with Crippen LogP contribution in [0.5, 0.6) is 0 Å². The van der Waals surface area contributed by atoms with E-state index in [1.807, 2.05) is 12.1 Å². The van der Waals surface area contributed by atoms with Crippen LogP contribution >= 0.6 is 11.6 Å². The fraction of sp³-hybridized carbons (Fsp3) is 0.250. The van der Waals surface area contributed by atoms with Crippen LogP contribution in [0.25, 0.3) is 0 Å². The molecule has 3 nitrogen and oxygen atoms in total. The number of halogens is 4. The SMILES string of the molecule is O=C(Nc1cc(C(F)(F)F)ccn1)[C@H]1C[C@@H]1c1ccccc1Cl. The molecule has 1 aromatic carbocycles. The number of pyridine rings is 1. The molecule has 1 heterocycles. The Bertz CT molecular complexity index is 748. The van der Waals surface area contributed by atoms with Crippen LogP contribution in [-0.2, 0) is 11.0 Å². The van der Waals surface area contributed by atoms with Gasteiger partial charge in [-0.25, -0.2) is 4.98 Å². The van der Waals surface area contributed by atoms with E-state index in [-0.39, 0.29) is 23.6 Å². The summed E-state index contributed by atoms with van der Waals surface area (Å²) < 4.78 is 37.9. The second-order valence-electron chi connectivity index (χ2n) is 5.39. The van der Waals surface area contributed by atoms with Gasteiger partial charge >= 0.3 is 6.18 Å². The van der Waals surface area contributed by atoms with Gasteiger partial charge in [0.25, 0.3) is 0 Å². The van der Waals surface area contributed by atoms with E-state index in [9.17, 15) is 18.0 Å². The smallest absolute Gasteiger partial charge is 0.310 e. The molecule has 2 aromatic rings. The Morgan fingerprint density at radius 2 is 2.00 bits per heavy atom. The van der Waals surface area contributed by atoms with Crippen molar-refractivity contribution in [1.82, 2.24) is 4.98 Å². The summed E-state index contributed by atoms with van der Waals surface area (Å²) in [5.74, 6) is -0.753. The number of carbonyl (C=O) groups is 1. The summed E-state index contributed by atoms with van der Waals surface area (Å²) in [5.41, 5.74) is 0.0348. The molecular weight excluding hydrogens is 329 g/mol. The van der Waals surface area contributed by atoms with Crippen LogP contribution in [-0.4, -0.2) is 10.9 Å². The van der Waals surface area contributed by atoms with Crippen molar-refractivity contribution in [1.29, 1.82) is 0 Å². The molecule has 7 heteroatoms. The average Bonchev–Trinajstić information content (AvgIpc) is 3.27. The van der Waals surface area contributed by atoms with Crippen molar-refractivity contribution in [2.45, 2.75) is 18.5 Å². The van der Waals surface area contributed by atoms with Crippen LogP contribution in [0, 0.1) is 5.92 Å². The van der Waals surface area contributed by atoms with Gasteiger partial charge in [0.1, 0.15) is 5.82 Å². The molecule has 120 valence electrons. The van der Waals surface area contributed by atoms with Crippen LogP contribution in [0.1, 0.15) is 23.5 Å². The Balaban J connectivity index is 1.69. The largest absolute Gasteiger partial charge is 0.416 e. The number of alkyl halides is 3. The second kappa shape index (κ2) is 5.85. The van der Waals surface area contributed by atoms with E-state index in [2.05, 4.69) is 10.3 Å². The summed E-state index contributed by atoms with van der Waals surface area (Å²) >= 11 is 6.09. The van der Waals surface area contributed by atoms with Crippen molar-refractivity contribution in [2.24, 2.45) is 5.92 Å². The van der Waals surface area contributed by atoms with E-state index < -0.39 is 11.7 Å². The van der Waals surface area contributed by atoms with Gasteiger partial charge in [0, 0.05) is 17.1 Å². The molecule has 0 bridgehead atoms. The lowest BCUT2D eigenvalue weighted by atomic mass is 10.1. The monoisotopic (exact) mass is 340 g/mol. The highest BCUT2D eigenvalue weighted by atomic mass is 35.5. The third-order valence-electron chi connectivity index (χ3n) is 3.77. The molecule has 23 heavy (non-hydrogen) atoms. The topological polar surface area (TPSA) is 42.0 Å². The molecule has 1 N–H and O–H groups in total. The summed E-state index contributed by atoms with van der Waals surface area (Å²) in [7, 11) is 0. The van der Waals surface area contributed by atoms with Crippen molar-refractivity contribution < 1.29 is 18.0 Å². The molecule has 0 spiro atoms. The number of hydrogen-bond donors (Lipinski definition) is 1. The van der Waals surface area contributed by atoms with E-state index in [0.29, 0.717) is 11.4 Å². The molecule has 0 unspecified atom stereocenters. The highest BCUT2D eigenvalue weighted by Gasteiger charge is 2.45. The third-order valence-corrected chi connectivity index (χ3v) is 4.11. The van der Waals surface area contributed by atoms with Gasteiger partial charge in [-0.05, 0) is 36.1 Å². The van der Waals surface area contributed by atoms with Crippen molar-refractivity contribution in [3.05, 3.63) is 58.7 Å². The molecule has 0 radical (unpaired) electrons. The van der Waals surface area contributed by atoms with Gasteiger partial charge in [0.15, 0.2) is 0 Å². The summed E-state index contributed by atoms with van der Waals surface area (Å²) in [6.45, 7) is 0. The van der Waals surface area contributed by atoms with Gasteiger partial charge < -0.3 is 5.32 Å². The van der Waals surface area contributed by atoms with Gasteiger partial charge in [-0.15, -0.1) is 0 Å². The summed E-state index contributed by atoms with van der Waals surface area (Å²) in [6.07, 6.45) is -2.83. The number of nitrogens with zero attached hydrogens (tertiary/aromatic N) is 1. The highest BCUT2D eigenvalue weighted by Crippen LogP contribution is 2.50. The lowest BCUT2D eigenvalue weighted by Crippen LogP contribution is -2.16. The summed E-state index contributed by atoms with van der Waals surface area (Å²) in [5, 5.41) is 3.03. The number of amides is 1. The lowest BCUT2D eigenvalue weighted by molar-refractivity contribution is -0.137. The van der Waals surface area contributed by atoms with Crippen LogP contribution < -0.4 is 5.32 Å². The van der Waals surface area contributed by atoms with Gasteiger partial charge in [0.2, 0.25) is 5.91 Å². The van der Waals surface area contributed by atoms with Crippen molar-refractivity contribution in [3.63, 3.8) is 0 Å². The Hall–Kier alpha value is -2.08. The van der Waals surface area contributed by atoms with Crippen molar-refractivity contribution in [2.75, 3.05) is 5.32 Å². The highest BCUT2D eigenvalue weighted by molar-refractivity contribution is 6.31. The third kappa shape index (κ3) is 3.47. The van der Waals surface area contributed by atoms with Gasteiger partial charge in [-0.3, -0.25) is 4.79 Å². The van der Waals surface area contributed by atoms with Gasteiger partial charge in [-0.1, -0.05) is 29.8 Å². The molecule has 2 atom stereocenters. The predicted molar refractivity (Wildman–Crippen MR) is 80.2 cm³/mol. The number of carbonyl (C=O) groups excluding carboxylic acids is 1. The van der Waals surface area contributed by atoms with E-state index >= 15 is 0 Å². The number of aromatic nitrogens is 1. The quantitative estimate of drug-likeness (QED) is 0.894. The first-order valence-corrected chi connectivity index (χ1v) is 7.32. The minimum absolute atomic E-state index is 0.00509. The van der Waals surface area contributed by atoms with Crippen molar-refractivity contribution >= 4 is 23.3 Å². The molecule has 0 aliphatic heterocycles. The number of anilines is 1. The maximum absolute atomic E-state index is 12.6. The number of hydrogen-bond acceptors (Lipinski definition) is 2. The first kappa shape index (κ1) is 15.8. The maximum atomic E-state index is 12.6. The number of benzene rings is 1. The van der Waals surface area contributed by atoms with Gasteiger partial charge in [-0.2, -0.15) is 13.2 Å². The fourth-order valence-electron chi connectivity index (χ4n) is 2.50. The fourth-order valence-corrected chi connectivity index (χ4v) is 2.77. The Morgan fingerprint density at radius 3 is 2.70 bits per heavy atom. The molecule has 1 amide bonds. The van der Waals surface area contributed by atoms with E-state index in [1.165, 1.54) is 0 Å². The van der Waals surface area contributed by atoms with Crippen LogP contribution in [0.2, 0.25) is 5.02 Å². The van der Waals surface area contributed by atoms with E-state index in [1.54, 1.807) is 12.1 Å². The lowest BCUT2D eigenvalue weighted by Gasteiger charge is -2.09. The molecule has 1 aromatic heterocycles. The zero-order valence-corrected chi connectivity index (χ0v) is 12.5. The number of rotatable bonds is 3. The minimum Gasteiger partial charge on any atom is -0.310 e. The number of nitrogens with one attached hydrogen (secondary N) is 1. The van der Waals surface area contributed by atoms with Crippen LogP contribution in [0.4, 0.5) is 19.0 Å². The van der Waals surface area contributed by atoms with E-state index in [0.717, 1.165) is 23.9 Å². The molecule has 3 rings (SSSR count). The second-order valence-corrected chi connectivity index (χ2v) is 5.79. The minimum atomic E-state index is -4.47. The average molecular weight is 341 g/mol.